The highest BCUT2D eigenvalue weighted by molar-refractivity contribution is 8.14. The van der Waals surface area contributed by atoms with E-state index in [2.05, 4.69) is 17.2 Å². The first-order valence-corrected chi connectivity index (χ1v) is 10.5. The molecule has 0 bridgehead atoms. The van der Waals surface area contributed by atoms with Gasteiger partial charge in [-0.15, -0.1) is 0 Å². The summed E-state index contributed by atoms with van der Waals surface area (Å²) in [5.41, 5.74) is 2.57. The van der Waals surface area contributed by atoms with Crippen LogP contribution in [0.15, 0.2) is 75.5 Å². The van der Waals surface area contributed by atoms with Gasteiger partial charge in [-0.25, -0.2) is 9.67 Å². The molecule has 0 atom stereocenters. The number of nitrogens with zero attached hydrogens (tertiary/aromatic N) is 4. The quantitative estimate of drug-likeness (QED) is 0.501. The van der Waals surface area contributed by atoms with E-state index >= 15 is 0 Å². The van der Waals surface area contributed by atoms with Crippen molar-refractivity contribution in [2.75, 3.05) is 7.11 Å². The lowest BCUT2D eigenvalue weighted by molar-refractivity contribution is 0.414. The minimum Gasteiger partial charge on any atom is -0.497 e. The Labute approximate surface area is 177 Å². The average Bonchev–Trinajstić information content (AvgIpc) is 3.29. The monoisotopic (exact) mass is 416 g/mol. The van der Waals surface area contributed by atoms with Gasteiger partial charge in [-0.3, -0.25) is 4.79 Å². The predicted octanol–water partition coefficient (Wildman–Crippen LogP) is 4.17. The molecule has 2 aromatic heterocycles. The molecule has 0 N–H and O–H groups in total. The van der Waals surface area contributed by atoms with Crippen LogP contribution in [-0.4, -0.2) is 26.5 Å². The number of methoxy groups -OCH3 is 1. The molecular weight excluding hydrogens is 396 g/mol. The van der Waals surface area contributed by atoms with Gasteiger partial charge < -0.3 is 9.30 Å². The molecule has 0 unspecified atom stereocenters. The number of fused-ring (bicyclic) bond motifs is 3. The zero-order chi connectivity index (χ0) is 20.7. The number of aryl methyl sites for hydroxylation is 1. The second-order valence-electron chi connectivity index (χ2n) is 7.18. The van der Waals surface area contributed by atoms with E-state index in [1.54, 1.807) is 25.1 Å². The highest BCUT2D eigenvalue weighted by Gasteiger charge is 2.25. The van der Waals surface area contributed by atoms with Crippen molar-refractivity contribution in [3.63, 3.8) is 0 Å². The van der Waals surface area contributed by atoms with Crippen LogP contribution in [0.25, 0.3) is 10.9 Å². The molecule has 5 rings (SSSR count). The molecule has 0 saturated heterocycles. The molecule has 30 heavy (non-hydrogen) atoms. The summed E-state index contributed by atoms with van der Waals surface area (Å²) in [4.78, 5) is 19.2. The van der Waals surface area contributed by atoms with Crippen molar-refractivity contribution < 1.29 is 4.74 Å². The summed E-state index contributed by atoms with van der Waals surface area (Å²) in [5, 5.41) is 6.36. The summed E-state index contributed by atoms with van der Waals surface area (Å²) in [5.74, 6) is 1.61. The van der Waals surface area contributed by atoms with Crippen molar-refractivity contribution in [1.29, 1.82) is 0 Å². The van der Waals surface area contributed by atoms with Gasteiger partial charge in [0.2, 0.25) is 0 Å². The molecule has 1 aliphatic heterocycles. The fraction of sp³-hybridized carbons (Fsp3) is 0.174. The molecule has 6 nitrogen and oxygen atoms in total. The molecule has 3 heterocycles. The Kier molecular flexibility index (Phi) is 4.67. The largest absolute Gasteiger partial charge is 0.497 e. The Hall–Kier alpha value is -3.32. The smallest absolute Gasteiger partial charge is 0.291 e. The van der Waals surface area contributed by atoms with Gasteiger partial charge in [0.05, 0.1) is 24.9 Å². The topological polar surface area (TPSA) is 61.4 Å². The third-order valence-corrected chi connectivity index (χ3v) is 6.25. The molecular formula is C23H20N4O2S. The van der Waals surface area contributed by atoms with Crippen LogP contribution < -0.4 is 10.3 Å². The SMILES string of the molecule is COc1cccc(Cn2ncc3c4c(n(C)c3c2=O)N=C(Sc2ccccc2)C4)c1. The lowest BCUT2D eigenvalue weighted by Gasteiger charge is -2.08. The van der Waals surface area contributed by atoms with Gasteiger partial charge in [-0.1, -0.05) is 42.1 Å². The average molecular weight is 417 g/mol. The normalized spacial score (nSPS) is 12.8. The van der Waals surface area contributed by atoms with E-state index < -0.39 is 0 Å². The van der Waals surface area contributed by atoms with Gasteiger partial charge in [0, 0.05) is 29.3 Å². The Balaban J connectivity index is 1.50. The molecule has 2 aromatic carbocycles. The van der Waals surface area contributed by atoms with E-state index in [0.29, 0.717) is 18.5 Å². The number of hydrogen-bond acceptors (Lipinski definition) is 5. The molecule has 150 valence electrons. The third kappa shape index (κ3) is 3.21. The lowest BCUT2D eigenvalue weighted by atomic mass is 10.2. The van der Waals surface area contributed by atoms with Gasteiger partial charge >= 0.3 is 0 Å². The number of ether oxygens (including phenoxy) is 1. The van der Waals surface area contributed by atoms with Gasteiger partial charge in [-0.2, -0.15) is 5.10 Å². The van der Waals surface area contributed by atoms with Crippen molar-refractivity contribution in [2.45, 2.75) is 17.9 Å². The van der Waals surface area contributed by atoms with Crippen molar-refractivity contribution >= 4 is 33.5 Å². The first-order chi connectivity index (χ1) is 14.6. The maximum Gasteiger partial charge on any atom is 0.291 e. The van der Waals surface area contributed by atoms with Crippen LogP contribution in [0, 0.1) is 0 Å². The third-order valence-electron chi connectivity index (χ3n) is 5.27. The molecule has 1 aliphatic rings. The second kappa shape index (κ2) is 7.50. The molecule has 7 heteroatoms. The lowest BCUT2D eigenvalue weighted by Crippen LogP contribution is -2.24. The molecule has 0 spiro atoms. The highest BCUT2D eigenvalue weighted by Crippen LogP contribution is 2.38. The van der Waals surface area contributed by atoms with E-state index in [9.17, 15) is 4.79 Å². The minimum atomic E-state index is -0.111. The van der Waals surface area contributed by atoms with Crippen LogP contribution in [-0.2, 0) is 20.0 Å². The summed E-state index contributed by atoms with van der Waals surface area (Å²) in [6.07, 6.45) is 2.51. The van der Waals surface area contributed by atoms with Gasteiger partial charge in [-0.05, 0) is 29.8 Å². The van der Waals surface area contributed by atoms with E-state index in [1.807, 2.05) is 54.1 Å². The fourth-order valence-electron chi connectivity index (χ4n) is 3.82. The number of hydrogen-bond donors (Lipinski definition) is 0. The summed E-state index contributed by atoms with van der Waals surface area (Å²) < 4.78 is 8.67. The molecule has 0 aliphatic carbocycles. The Morgan fingerprint density at radius 3 is 2.77 bits per heavy atom. The maximum absolute atomic E-state index is 13.2. The fourth-order valence-corrected chi connectivity index (χ4v) is 4.73. The summed E-state index contributed by atoms with van der Waals surface area (Å²) in [6, 6.07) is 17.9. The Morgan fingerprint density at radius 1 is 1.13 bits per heavy atom. The van der Waals surface area contributed by atoms with Gasteiger partial charge in [0.1, 0.15) is 17.1 Å². The van der Waals surface area contributed by atoms with Crippen LogP contribution in [0.5, 0.6) is 5.75 Å². The number of thioether (sulfide) groups is 1. The van der Waals surface area contributed by atoms with E-state index in [1.165, 1.54) is 4.68 Å². The van der Waals surface area contributed by atoms with E-state index in [4.69, 9.17) is 9.73 Å². The molecule has 0 fully saturated rings. The molecule has 0 radical (unpaired) electrons. The van der Waals surface area contributed by atoms with Gasteiger partial charge in [0.25, 0.3) is 5.56 Å². The van der Waals surface area contributed by atoms with Gasteiger partial charge in [0.15, 0.2) is 0 Å². The summed E-state index contributed by atoms with van der Waals surface area (Å²) in [7, 11) is 3.53. The number of aliphatic imine (C=N–C) groups is 1. The van der Waals surface area contributed by atoms with Crippen LogP contribution in [0.3, 0.4) is 0 Å². The molecule has 4 aromatic rings. The van der Waals surface area contributed by atoms with Crippen LogP contribution in [0.2, 0.25) is 0 Å². The van der Waals surface area contributed by atoms with Crippen molar-refractivity contribution in [2.24, 2.45) is 12.0 Å². The first-order valence-electron chi connectivity index (χ1n) is 9.65. The zero-order valence-electron chi connectivity index (χ0n) is 16.7. The van der Waals surface area contributed by atoms with E-state index in [-0.39, 0.29) is 5.56 Å². The summed E-state index contributed by atoms with van der Waals surface area (Å²) in [6.45, 7) is 0.389. The summed E-state index contributed by atoms with van der Waals surface area (Å²) >= 11 is 1.66. The van der Waals surface area contributed by atoms with Crippen molar-refractivity contribution in [1.82, 2.24) is 14.3 Å². The standard InChI is InChI=1S/C23H20N4O2S/c1-26-21-19(18-12-20(25-22(18)26)30-17-9-4-3-5-10-17)13-24-27(23(21)28)14-15-7-6-8-16(11-15)29-2/h3-11,13H,12,14H2,1-2H3. The van der Waals surface area contributed by atoms with Crippen LogP contribution in [0.1, 0.15) is 11.1 Å². The van der Waals surface area contributed by atoms with Crippen LogP contribution >= 0.6 is 11.8 Å². The first kappa shape index (κ1) is 18.7. The Bertz CT molecular complexity index is 1340. The van der Waals surface area contributed by atoms with E-state index in [0.717, 1.165) is 38.0 Å². The molecule has 0 saturated carbocycles. The zero-order valence-corrected chi connectivity index (χ0v) is 17.5. The Morgan fingerprint density at radius 2 is 1.97 bits per heavy atom. The number of aromatic nitrogens is 3. The number of benzene rings is 2. The molecule has 0 amide bonds. The minimum absolute atomic E-state index is 0.111. The highest BCUT2D eigenvalue weighted by atomic mass is 32.2. The maximum atomic E-state index is 13.2. The second-order valence-corrected chi connectivity index (χ2v) is 8.33. The van der Waals surface area contributed by atoms with Crippen molar-refractivity contribution in [3.05, 3.63) is 82.3 Å². The van der Waals surface area contributed by atoms with Crippen molar-refractivity contribution in [3.8, 4) is 5.75 Å². The number of rotatable bonds is 4. The van der Waals surface area contributed by atoms with Crippen LogP contribution in [0.4, 0.5) is 5.82 Å². The predicted molar refractivity (Wildman–Crippen MR) is 120 cm³/mol.